The summed E-state index contributed by atoms with van der Waals surface area (Å²) in [6.07, 6.45) is 4.29. The van der Waals surface area contributed by atoms with Gasteiger partial charge in [0.15, 0.2) is 0 Å². The lowest BCUT2D eigenvalue weighted by atomic mass is 10.0. The molecule has 7 heteroatoms. The van der Waals surface area contributed by atoms with Gasteiger partial charge < -0.3 is 10.2 Å². The molecule has 1 N–H and O–H groups in total. The summed E-state index contributed by atoms with van der Waals surface area (Å²) in [7, 11) is 0. The minimum absolute atomic E-state index is 0.0264. The molecule has 1 atom stereocenters. The van der Waals surface area contributed by atoms with Crippen LogP contribution in [0.4, 0.5) is 8.78 Å². The summed E-state index contributed by atoms with van der Waals surface area (Å²) in [5.74, 6) is -0.877. The third-order valence-electron chi connectivity index (χ3n) is 6.71. The molecular formula is C30H32F2N2O2S. The number of halogens is 2. The minimum atomic E-state index is -0.802. The van der Waals surface area contributed by atoms with Crippen LogP contribution in [0.5, 0.6) is 0 Å². The molecule has 194 valence electrons. The smallest absolute Gasteiger partial charge is 0.243 e. The number of hydrogen-bond donors (Lipinski definition) is 1. The number of amides is 2. The minimum Gasteiger partial charge on any atom is -0.352 e. The summed E-state index contributed by atoms with van der Waals surface area (Å²) in [5, 5.41) is 3.14. The zero-order valence-corrected chi connectivity index (χ0v) is 21.6. The number of benzene rings is 3. The Bertz CT molecular complexity index is 1180. The number of carbonyl (C=O) groups excluding carboxylic acids is 2. The van der Waals surface area contributed by atoms with Gasteiger partial charge in [0.1, 0.15) is 17.7 Å². The highest BCUT2D eigenvalue weighted by atomic mass is 32.2. The van der Waals surface area contributed by atoms with Gasteiger partial charge in [0, 0.05) is 30.3 Å². The van der Waals surface area contributed by atoms with Crippen molar-refractivity contribution in [3.8, 4) is 0 Å². The molecule has 0 heterocycles. The molecule has 0 spiro atoms. The van der Waals surface area contributed by atoms with Crippen LogP contribution in [-0.4, -0.2) is 34.6 Å². The first-order chi connectivity index (χ1) is 18.0. The fraction of sp³-hybridized carbons (Fsp3) is 0.333. The van der Waals surface area contributed by atoms with Crippen molar-refractivity contribution in [3.63, 3.8) is 0 Å². The van der Waals surface area contributed by atoms with Crippen LogP contribution in [0.25, 0.3) is 0 Å². The zero-order chi connectivity index (χ0) is 26.0. The summed E-state index contributed by atoms with van der Waals surface area (Å²) >= 11 is 1.28. The second-order valence-corrected chi connectivity index (χ2v) is 10.4. The molecule has 4 rings (SSSR count). The summed E-state index contributed by atoms with van der Waals surface area (Å²) in [5.41, 5.74) is 1.78. The van der Waals surface area contributed by atoms with Crippen molar-refractivity contribution in [1.82, 2.24) is 10.2 Å². The van der Waals surface area contributed by atoms with Crippen LogP contribution in [0, 0.1) is 11.6 Å². The van der Waals surface area contributed by atoms with E-state index >= 15 is 0 Å². The van der Waals surface area contributed by atoms with Crippen LogP contribution in [0.15, 0.2) is 78.9 Å². The summed E-state index contributed by atoms with van der Waals surface area (Å²) < 4.78 is 28.7. The third kappa shape index (κ3) is 7.65. The molecule has 3 aromatic rings. The standard InChI is InChI=1S/C30H32F2N2O2S/c31-26-16-8-4-12-23(26)19-34(29(35)21-37-20-24-13-5-9-17-27(24)32)28(18-22-10-2-1-3-11-22)30(36)33-25-14-6-7-15-25/h1-5,8-13,16-17,25,28H,6-7,14-15,18-21H2,(H,33,36). The van der Waals surface area contributed by atoms with Gasteiger partial charge >= 0.3 is 0 Å². The Labute approximate surface area is 221 Å². The van der Waals surface area contributed by atoms with Crippen molar-refractivity contribution in [2.45, 2.75) is 56.5 Å². The van der Waals surface area contributed by atoms with E-state index in [4.69, 9.17) is 0 Å². The first kappa shape index (κ1) is 26.9. The first-order valence-corrected chi connectivity index (χ1v) is 13.8. The Balaban J connectivity index is 1.58. The molecule has 37 heavy (non-hydrogen) atoms. The molecule has 3 aromatic carbocycles. The van der Waals surface area contributed by atoms with Crippen LogP contribution < -0.4 is 5.32 Å². The lowest BCUT2D eigenvalue weighted by Crippen LogP contribution is -2.52. The molecule has 1 fully saturated rings. The lowest BCUT2D eigenvalue weighted by molar-refractivity contribution is -0.139. The molecule has 1 saturated carbocycles. The van der Waals surface area contributed by atoms with Gasteiger partial charge in [0.2, 0.25) is 11.8 Å². The van der Waals surface area contributed by atoms with Crippen LogP contribution >= 0.6 is 11.8 Å². The molecule has 0 saturated heterocycles. The number of nitrogens with one attached hydrogen (secondary N) is 1. The van der Waals surface area contributed by atoms with Crippen molar-refractivity contribution in [2.24, 2.45) is 0 Å². The van der Waals surface area contributed by atoms with Crippen molar-refractivity contribution in [3.05, 3.63) is 107 Å². The predicted molar refractivity (Wildman–Crippen MR) is 144 cm³/mol. The number of hydrogen-bond acceptors (Lipinski definition) is 3. The van der Waals surface area contributed by atoms with Crippen molar-refractivity contribution >= 4 is 23.6 Å². The van der Waals surface area contributed by atoms with E-state index in [-0.39, 0.29) is 36.0 Å². The third-order valence-corrected chi connectivity index (χ3v) is 7.68. The van der Waals surface area contributed by atoms with Crippen LogP contribution in [0.2, 0.25) is 0 Å². The number of nitrogens with zero attached hydrogens (tertiary/aromatic N) is 1. The fourth-order valence-electron chi connectivity index (χ4n) is 4.68. The Hall–Kier alpha value is -3.19. The highest BCUT2D eigenvalue weighted by Crippen LogP contribution is 2.22. The Morgan fingerprint density at radius 2 is 1.46 bits per heavy atom. The second-order valence-electron chi connectivity index (χ2n) is 9.39. The normalized spacial score (nSPS) is 14.3. The Morgan fingerprint density at radius 3 is 2.11 bits per heavy atom. The number of thioether (sulfide) groups is 1. The molecule has 0 bridgehead atoms. The molecule has 1 unspecified atom stereocenters. The molecular weight excluding hydrogens is 490 g/mol. The van der Waals surface area contributed by atoms with E-state index in [0.717, 1.165) is 31.2 Å². The van der Waals surface area contributed by atoms with E-state index in [2.05, 4.69) is 5.32 Å². The molecule has 1 aliphatic rings. The van der Waals surface area contributed by atoms with Gasteiger partial charge in [-0.05, 0) is 36.1 Å². The van der Waals surface area contributed by atoms with Crippen molar-refractivity contribution in [1.29, 1.82) is 0 Å². The lowest BCUT2D eigenvalue weighted by Gasteiger charge is -2.32. The van der Waals surface area contributed by atoms with Crippen molar-refractivity contribution < 1.29 is 18.4 Å². The fourth-order valence-corrected chi connectivity index (χ4v) is 5.57. The average molecular weight is 523 g/mol. The quantitative estimate of drug-likeness (QED) is 0.341. The monoisotopic (exact) mass is 522 g/mol. The van der Waals surface area contributed by atoms with Crippen LogP contribution in [-0.2, 0) is 28.3 Å². The largest absolute Gasteiger partial charge is 0.352 e. The van der Waals surface area contributed by atoms with Gasteiger partial charge in [-0.25, -0.2) is 8.78 Å². The van der Waals surface area contributed by atoms with Gasteiger partial charge in [-0.1, -0.05) is 79.6 Å². The highest BCUT2D eigenvalue weighted by molar-refractivity contribution is 7.99. The van der Waals surface area contributed by atoms with E-state index < -0.39 is 11.9 Å². The van der Waals surface area contributed by atoms with Gasteiger partial charge in [0.25, 0.3) is 0 Å². The van der Waals surface area contributed by atoms with E-state index in [1.165, 1.54) is 28.8 Å². The van der Waals surface area contributed by atoms with E-state index in [9.17, 15) is 18.4 Å². The first-order valence-electron chi connectivity index (χ1n) is 12.7. The maximum absolute atomic E-state index is 14.7. The van der Waals surface area contributed by atoms with Crippen LogP contribution in [0.1, 0.15) is 42.4 Å². The SMILES string of the molecule is O=C(NC1CCCC1)C(Cc1ccccc1)N(Cc1ccccc1F)C(=O)CSCc1ccccc1F. The van der Waals surface area contributed by atoms with Gasteiger partial charge in [-0.15, -0.1) is 11.8 Å². The van der Waals surface area contributed by atoms with Gasteiger partial charge in [0.05, 0.1) is 5.75 Å². The van der Waals surface area contributed by atoms with E-state index in [0.29, 0.717) is 23.3 Å². The molecule has 0 aliphatic heterocycles. The second kappa shape index (κ2) is 13.4. The van der Waals surface area contributed by atoms with Crippen molar-refractivity contribution in [2.75, 3.05) is 5.75 Å². The summed E-state index contributed by atoms with van der Waals surface area (Å²) in [6.45, 7) is -0.0264. The maximum atomic E-state index is 14.7. The molecule has 2 amide bonds. The maximum Gasteiger partial charge on any atom is 0.243 e. The number of carbonyl (C=O) groups is 2. The Morgan fingerprint density at radius 1 is 0.865 bits per heavy atom. The molecule has 0 radical (unpaired) electrons. The molecule has 0 aromatic heterocycles. The van der Waals surface area contributed by atoms with Gasteiger partial charge in [-0.3, -0.25) is 9.59 Å². The summed E-state index contributed by atoms with van der Waals surface area (Å²) in [4.78, 5) is 28.7. The molecule has 1 aliphatic carbocycles. The predicted octanol–water partition coefficient (Wildman–Crippen LogP) is 5.90. The van der Waals surface area contributed by atoms with Gasteiger partial charge in [-0.2, -0.15) is 0 Å². The number of rotatable bonds is 11. The van der Waals surface area contributed by atoms with E-state index in [1.807, 2.05) is 30.3 Å². The Kier molecular flexibility index (Phi) is 9.71. The average Bonchev–Trinajstić information content (AvgIpc) is 3.42. The summed E-state index contributed by atoms with van der Waals surface area (Å²) in [6, 6.07) is 21.6. The topological polar surface area (TPSA) is 49.4 Å². The molecule has 4 nitrogen and oxygen atoms in total. The van der Waals surface area contributed by atoms with Crippen LogP contribution in [0.3, 0.4) is 0 Å². The zero-order valence-electron chi connectivity index (χ0n) is 20.7. The van der Waals surface area contributed by atoms with E-state index in [1.54, 1.807) is 36.4 Å². The highest BCUT2D eigenvalue weighted by Gasteiger charge is 2.32.